The first-order chi connectivity index (χ1) is 17.5. The second-order valence-electron chi connectivity index (χ2n) is 8.52. The van der Waals surface area contributed by atoms with E-state index in [1.165, 1.54) is 0 Å². The minimum atomic E-state index is -0.709. The van der Waals surface area contributed by atoms with Crippen LogP contribution in [-0.4, -0.2) is 51.0 Å². The Bertz CT molecular complexity index is 1200. The van der Waals surface area contributed by atoms with E-state index in [4.69, 9.17) is 9.47 Å². The van der Waals surface area contributed by atoms with Crippen molar-refractivity contribution < 1.29 is 24.2 Å². The van der Waals surface area contributed by atoms with Crippen molar-refractivity contribution in [3.63, 3.8) is 0 Å². The van der Waals surface area contributed by atoms with Crippen molar-refractivity contribution >= 4 is 17.4 Å². The predicted molar refractivity (Wildman–Crippen MR) is 136 cm³/mol. The molecule has 4 rings (SSSR count). The fourth-order valence-electron chi connectivity index (χ4n) is 4.30. The van der Waals surface area contributed by atoms with E-state index in [1.807, 2.05) is 48.9 Å². The lowest BCUT2D eigenvalue weighted by atomic mass is 9.95. The van der Waals surface area contributed by atoms with Gasteiger partial charge < -0.3 is 24.0 Å². The van der Waals surface area contributed by atoms with Crippen LogP contribution < -0.4 is 9.47 Å². The Morgan fingerprint density at radius 2 is 1.67 bits per heavy atom. The normalized spacial score (nSPS) is 16.9. The number of hydrogen-bond donors (Lipinski definition) is 1. The zero-order valence-electron chi connectivity index (χ0n) is 20.6. The van der Waals surface area contributed by atoms with Crippen molar-refractivity contribution in [1.29, 1.82) is 0 Å². The van der Waals surface area contributed by atoms with Crippen LogP contribution in [0, 0.1) is 0 Å². The number of carbonyl (C=O) groups is 2. The number of imidazole rings is 1. The van der Waals surface area contributed by atoms with Crippen LogP contribution in [0.3, 0.4) is 0 Å². The Kier molecular flexibility index (Phi) is 8.05. The van der Waals surface area contributed by atoms with Crippen molar-refractivity contribution in [2.75, 3.05) is 19.8 Å². The van der Waals surface area contributed by atoms with Gasteiger partial charge >= 0.3 is 0 Å². The van der Waals surface area contributed by atoms with Crippen LogP contribution in [0.25, 0.3) is 5.76 Å². The zero-order chi connectivity index (χ0) is 25.5. The van der Waals surface area contributed by atoms with Crippen LogP contribution in [0.2, 0.25) is 0 Å². The lowest BCUT2D eigenvalue weighted by molar-refractivity contribution is -0.139. The first-order valence-electron chi connectivity index (χ1n) is 12.2. The van der Waals surface area contributed by atoms with Gasteiger partial charge in [0.05, 0.1) is 31.2 Å². The molecule has 0 bridgehead atoms. The smallest absolute Gasteiger partial charge is 0.295 e. The largest absolute Gasteiger partial charge is 0.507 e. The fraction of sp³-hybridized carbons (Fsp3) is 0.321. The van der Waals surface area contributed by atoms with Gasteiger partial charge in [0.2, 0.25) is 0 Å². The maximum Gasteiger partial charge on any atom is 0.295 e. The molecule has 1 N–H and O–H groups in total. The average molecular weight is 490 g/mol. The third-order valence-corrected chi connectivity index (χ3v) is 6.02. The molecule has 1 atom stereocenters. The van der Waals surface area contributed by atoms with Crippen molar-refractivity contribution in [3.05, 3.63) is 84.0 Å². The Morgan fingerprint density at radius 1 is 0.972 bits per heavy atom. The molecule has 1 aliphatic rings. The number of aromatic nitrogens is 2. The van der Waals surface area contributed by atoms with E-state index in [1.54, 1.807) is 41.7 Å². The Balaban J connectivity index is 1.68. The van der Waals surface area contributed by atoms with Gasteiger partial charge in [0.1, 0.15) is 17.3 Å². The summed E-state index contributed by atoms with van der Waals surface area (Å²) in [5.74, 6) is -0.146. The molecular formula is C28H31N3O5. The van der Waals surface area contributed by atoms with Gasteiger partial charge in [-0.2, -0.15) is 0 Å². The molecule has 1 saturated heterocycles. The molecule has 0 aliphatic carbocycles. The molecule has 2 heterocycles. The van der Waals surface area contributed by atoms with E-state index in [0.717, 1.165) is 12.0 Å². The molecule has 1 amide bonds. The molecule has 36 heavy (non-hydrogen) atoms. The van der Waals surface area contributed by atoms with Crippen molar-refractivity contribution in [2.24, 2.45) is 0 Å². The summed E-state index contributed by atoms with van der Waals surface area (Å²) in [6.07, 6.45) is 6.78. The highest BCUT2D eigenvalue weighted by atomic mass is 16.5. The Labute approximate surface area is 210 Å². The number of amides is 1. The van der Waals surface area contributed by atoms with Crippen LogP contribution >= 0.6 is 0 Å². The number of ether oxygens (including phenoxy) is 2. The third kappa shape index (κ3) is 5.43. The van der Waals surface area contributed by atoms with Gasteiger partial charge in [0, 0.05) is 31.0 Å². The Morgan fingerprint density at radius 3 is 2.31 bits per heavy atom. The highest BCUT2D eigenvalue weighted by Crippen LogP contribution is 2.40. The number of aliphatic hydroxyl groups excluding tert-OH is 1. The summed E-state index contributed by atoms with van der Waals surface area (Å²) < 4.78 is 13.1. The molecule has 1 aromatic heterocycles. The van der Waals surface area contributed by atoms with E-state index >= 15 is 0 Å². The van der Waals surface area contributed by atoms with Gasteiger partial charge in [-0.05, 0) is 61.7 Å². The maximum atomic E-state index is 13.2. The number of Topliss-reactive ketones (excluding diaryl/α,β-unsaturated/α-hetero) is 1. The SMILES string of the molecule is CCCOc1ccc([C@H]2C(=C(O)c3ccc(OCC)cc3)C(=O)C(=O)N2CCCn2ccnc2)cc1. The minimum Gasteiger partial charge on any atom is -0.507 e. The number of nitrogens with zero attached hydrogens (tertiary/aromatic N) is 3. The number of likely N-dealkylation sites (tertiary alicyclic amines) is 1. The quantitative estimate of drug-likeness (QED) is 0.241. The number of benzene rings is 2. The van der Waals surface area contributed by atoms with Crippen molar-refractivity contribution in [3.8, 4) is 11.5 Å². The third-order valence-electron chi connectivity index (χ3n) is 6.02. The molecule has 8 heteroatoms. The summed E-state index contributed by atoms with van der Waals surface area (Å²) in [6.45, 7) is 6.05. The van der Waals surface area contributed by atoms with Gasteiger partial charge in [0.15, 0.2) is 0 Å². The van der Waals surface area contributed by atoms with Gasteiger partial charge in [0.25, 0.3) is 11.7 Å². The highest BCUT2D eigenvalue weighted by Gasteiger charge is 2.45. The topological polar surface area (TPSA) is 93.9 Å². The molecule has 0 spiro atoms. The minimum absolute atomic E-state index is 0.0778. The molecule has 0 saturated carbocycles. The summed E-state index contributed by atoms with van der Waals surface area (Å²) in [5.41, 5.74) is 1.25. The number of ketones is 1. The van der Waals surface area contributed by atoms with Gasteiger partial charge in [-0.15, -0.1) is 0 Å². The first-order valence-corrected chi connectivity index (χ1v) is 12.2. The monoisotopic (exact) mass is 489 g/mol. The molecule has 0 unspecified atom stereocenters. The molecule has 1 aliphatic heterocycles. The van der Waals surface area contributed by atoms with Crippen molar-refractivity contribution in [2.45, 2.75) is 39.3 Å². The van der Waals surface area contributed by atoms with E-state index in [9.17, 15) is 14.7 Å². The number of aliphatic hydroxyl groups is 1. The van der Waals surface area contributed by atoms with Gasteiger partial charge in [-0.3, -0.25) is 9.59 Å². The van der Waals surface area contributed by atoms with Crippen LogP contribution in [0.4, 0.5) is 0 Å². The summed E-state index contributed by atoms with van der Waals surface area (Å²) in [7, 11) is 0. The van der Waals surface area contributed by atoms with E-state index < -0.39 is 17.7 Å². The second-order valence-corrected chi connectivity index (χ2v) is 8.52. The van der Waals surface area contributed by atoms with Crippen LogP contribution in [-0.2, 0) is 16.1 Å². The number of aryl methyl sites for hydroxylation is 1. The number of carbonyl (C=O) groups excluding carboxylic acids is 2. The number of rotatable bonds is 11. The lowest BCUT2D eigenvalue weighted by Crippen LogP contribution is -2.31. The Hall–Kier alpha value is -4.07. The summed E-state index contributed by atoms with van der Waals surface area (Å²) >= 11 is 0. The summed E-state index contributed by atoms with van der Waals surface area (Å²) in [4.78, 5) is 31.9. The summed E-state index contributed by atoms with van der Waals surface area (Å²) in [6, 6.07) is 13.5. The molecule has 3 aromatic rings. The standard InChI is InChI=1S/C28H31N3O5/c1-3-18-36-23-10-6-20(7-11-23)25-24(26(32)21-8-12-22(13-9-21)35-4-2)27(33)28(34)31(25)16-5-15-30-17-14-29-19-30/h6-14,17,19,25,32H,3-5,15-16,18H2,1-2H3/t25-/m0/s1. The molecule has 1 fully saturated rings. The highest BCUT2D eigenvalue weighted by molar-refractivity contribution is 6.46. The molecule has 8 nitrogen and oxygen atoms in total. The fourth-order valence-corrected chi connectivity index (χ4v) is 4.30. The molecule has 2 aromatic carbocycles. The second kappa shape index (κ2) is 11.6. The van der Waals surface area contributed by atoms with E-state index in [0.29, 0.717) is 49.8 Å². The number of hydrogen-bond acceptors (Lipinski definition) is 6. The van der Waals surface area contributed by atoms with E-state index in [-0.39, 0.29) is 11.3 Å². The lowest BCUT2D eigenvalue weighted by Gasteiger charge is -2.25. The van der Waals surface area contributed by atoms with Crippen molar-refractivity contribution in [1.82, 2.24) is 14.5 Å². The summed E-state index contributed by atoms with van der Waals surface area (Å²) in [5, 5.41) is 11.2. The molecule has 0 radical (unpaired) electrons. The molecule has 188 valence electrons. The van der Waals surface area contributed by atoms with Gasteiger partial charge in [-0.25, -0.2) is 4.98 Å². The molecular weight excluding hydrogens is 458 g/mol. The predicted octanol–water partition coefficient (Wildman–Crippen LogP) is 4.58. The van der Waals surface area contributed by atoms with E-state index in [2.05, 4.69) is 4.98 Å². The maximum absolute atomic E-state index is 13.2. The van der Waals surface area contributed by atoms with Crippen LogP contribution in [0.5, 0.6) is 11.5 Å². The average Bonchev–Trinajstić information content (AvgIpc) is 3.50. The zero-order valence-corrected chi connectivity index (χ0v) is 20.6. The van der Waals surface area contributed by atoms with Crippen LogP contribution in [0.15, 0.2) is 72.8 Å². The van der Waals surface area contributed by atoms with Crippen LogP contribution in [0.1, 0.15) is 43.9 Å². The first kappa shape index (κ1) is 25.0. The van der Waals surface area contributed by atoms with Gasteiger partial charge in [-0.1, -0.05) is 19.1 Å².